The fourth-order valence-corrected chi connectivity index (χ4v) is 1.72. The Morgan fingerprint density at radius 3 is 2.67 bits per heavy atom. The summed E-state index contributed by atoms with van der Waals surface area (Å²) < 4.78 is 5.99. The van der Waals surface area contributed by atoms with Gasteiger partial charge in [-0.05, 0) is 18.2 Å². The van der Waals surface area contributed by atoms with Gasteiger partial charge in [0, 0.05) is 11.6 Å². The van der Waals surface area contributed by atoms with E-state index < -0.39 is 6.09 Å². The molecule has 0 radical (unpaired) electrons. The first-order chi connectivity index (χ1) is 7.13. The first-order valence-electron chi connectivity index (χ1n) is 4.18. The molecule has 0 spiro atoms. The molecule has 0 N–H and O–H groups in total. The summed E-state index contributed by atoms with van der Waals surface area (Å²) in [5, 5.41) is 1.72. The third-order valence-corrected chi connectivity index (χ3v) is 2.83. The molecule has 0 saturated carbocycles. The van der Waals surface area contributed by atoms with E-state index in [0.29, 0.717) is 15.6 Å². The molecule has 1 aromatic heterocycles. The van der Waals surface area contributed by atoms with Gasteiger partial charge in [0.25, 0.3) is 0 Å². The molecule has 15 heavy (non-hydrogen) atoms. The summed E-state index contributed by atoms with van der Waals surface area (Å²) in [4.78, 5) is 11.3. The van der Waals surface area contributed by atoms with E-state index >= 15 is 0 Å². The maximum absolute atomic E-state index is 11.3. The lowest BCUT2D eigenvalue weighted by Gasteiger charge is -2.02. The van der Waals surface area contributed by atoms with E-state index in [1.807, 2.05) is 0 Å². The molecule has 0 aliphatic carbocycles. The van der Waals surface area contributed by atoms with Gasteiger partial charge >= 0.3 is 6.09 Å². The van der Waals surface area contributed by atoms with Gasteiger partial charge in [-0.2, -0.15) is 0 Å². The minimum absolute atomic E-state index is 0.410. The second-order valence-electron chi connectivity index (χ2n) is 2.98. The summed E-state index contributed by atoms with van der Waals surface area (Å²) in [6.45, 7) is 0. The molecule has 1 aromatic carbocycles. The van der Waals surface area contributed by atoms with Crippen molar-refractivity contribution in [3.63, 3.8) is 0 Å². The van der Waals surface area contributed by atoms with Crippen LogP contribution in [0.3, 0.4) is 0 Å². The lowest BCUT2D eigenvalue weighted by Crippen LogP contribution is -2.09. The van der Waals surface area contributed by atoms with E-state index in [4.69, 9.17) is 23.2 Å². The van der Waals surface area contributed by atoms with Gasteiger partial charge in [-0.25, -0.2) is 4.79 Å². The summed E-state index contributed by atoms with van der Waals surface area (Å²) in [6, 6.07) is 5.11. The minimum Gasteiger partial charge on any atom is -0.452 e. The van der Waals surface area contributed by atoms with Gasteiger partial charge in [0.2, 0.25) is 0 Å². The summed E-state index contributed by atoms with van der Waals surface area (Å²) in [7, 11) is 1.33. The van der Waals surface area contributed by atoms with Crippen molar-refractivity contribution in [2.75, 3.05) is 7.11 Å². The molecule has 1 heterocycles. The molecule has 0 amide bonds. The van der Waals surface area contributed by atoms with Gasteiger partial charge in [0.1, 0.15) is 0 Å². The fourth-order valence-electron chi connectivity index (χ4n) is 1.39. The Morgan fingerprint density at radius 2 is 2.00 bits per heavy atom. The Balaban J connectivity index is 2.69. The molecular weight excluding hydrogens is 237 g/mol. The topological polar surface area (TPSA) is 31.2 Å². The van der Waals surface area contributed by atoms with E-state index in [1.165, 1.54) is 11.7 Å². The summed E-state index contributed by atoms with van der Waals surface area (Å²) >= 11 is 11.7. The number of fused-ring (bicyclic) bond motifs is 1. The standard InChI is InChI=1S/C10H7Cl2NO2/c1-15-10(14)13-3-2-6-4-7(11)8(12)5-9(6)13/h2-5H,1H3. The third kappa shape index (κ3) is 1.68. The summed E-state index contributed by atoms with van der Waals surface area (Å²) in [5.74, 6) is 0. The van der Waals surface area contributed by atoms with Crippen molar-refractivity contribution in [1.29, 1.82) is 0 Å². The maximum Gasteiger partial charge on any atom is 0.418 e. The van der Waals surface area contributed by atoms with Gasteiger partial charge in [-0.15, -0.1) is 0 Å². The molecule has 0 saturated heterocycles. The first-order valence-corrected chi connectivity index (χ1v) is 4.93. The van der Waals surface area contributed by atoms with Gasteiger partial charge in [-0.3, -0.25) is 4.57 Å². The number of carbonyl (C=O) groups excluding carboxylic acids is 1. The molecule has 0 unspecified atom stereocenters. The summed E-state index contributed by atoms with van der Waals surface area (Å²) in [6.07, 6.45) is 1.16. The van der Waals surface area contributed by atoms with Crippen LogP contribution in [0.1, 0.15) is 0 Å². The highest BCUT2D eigenvalue weighted by atomic mass is 35.5. The van der Waals surface area contributed by atoms with Crippen molar-refractivity contribution < 1.29 is 9.53 Å². The SMILES string of the molecule is COC(=O)n1ccc2cc(Cl)c(Cl)cc21. The first kappa shape index (κ1) is 10.3. The number of ether oxygens (including phenoxy) is 1. The minimum atomic E-state index is -0.455. The Labute approximate surface area is 96.1 Å². The zero-order chi connectivity index (χ0) is 11.0. The number of aromatic nitrogens is 1. The highest BCUT2D eigenvalue weighted by Crippen LogP contribution is 2.28. The van der Waals surface area contributed by atoms with Crippen LogP contribution in [-0.4, -0.2) is 17.8 Å². The monoisotopic (exact) mass is 243 g/mol. The van der Waals surface area contributed by atoms with Crippen LogP contribution in [0.25, 0.3) is 10.9 Å². The van der Waals surface area contributed by atoms with Crippen LogP contribution in [0.5, 0.6) is 0 Å². The molecule has 0 atom stereocenters. The van der Waals surface area contributed by atoms with Crippen LogP contribution in [0.2, 0.25) is 10.0 Å². The molecule has 0 bridgehead atoms. The van der Waals surface area contributed by atoms with Crippen molar-refractivity contribution in [3.8, 4) is 0 Å². The lowest BCUT2D eigenvalue weighted by atomic mass is 10.2. The van der Waals surface area contributed by atoms with Crippen LogP contribution >= 0.6 is 23.2 Å². The van der Waals surface area contributed by atoms with Crippen LogP contribution in [0, 0.1) is 0 Å². The third-order valence-electron chi connectivity index (χ3n) is 2.10. The van der Waals surface area contributed by atoms with E-state index in [-0.39, 0.29) is 0 Å². The Hall–Kier alpha value is -1.19. The van der Waals surface area contributed by atoms with Crippen LogP contribution < -0.4 is 0 Å². The van der Waals surface area contributed by atoms with Crippen molar-refractivity contribution >= 4 is 40.2 Å². The molecule has 0 aliphatic rings. The second kappa shape index (κ2) is 3.76. The molecule has 0 aliphatic heterocycles. The normalized spacial score (nSPS) is 10.6. The molecule has 0 fully saturated rings. The van der Waals surface area contributed by atoms with Crippen molar-refractivity contribution in [2.45, 2.75) is 0 Å². The molecular formula is C10H7Cl2NO2. The highest BCUT2D eigenvalue weighted by molar-refractivity contribution is 6.42. The molecule has 5 heteroatoms. The number of benzene rings is 1. The predicted molar refractivity (Wildman–Crippen MR) is 59.8 cm³/mol. The highest BCUT2D eigenvalue weighted by Gasteiger charge is 2.10. The van der Waals surface area contributed by atoms with Gasteiger partial charge in [0.15, 0.2) is 0 Å². The van der Waals surface area contributed by atoms with Gasteiger partial charge in [-0.1, -0.05) is 23.2 Å². The van der Waals surface area contributed by atoms with Crippen molar-refractivity contribution in [2.24, 2.45) is 0 Å². The quantitative estimate of drug-likeness (QED) is 0.709. The smallest absolute Gasteiger partial charge is 0.418 e. The lowest BCUT2D eigenvalue weighted by molar-refractivity contribution is 0.174. The molecule has 2 aromatic rings. The number of hydrogen-bond acceptors (Lipinski definition) is 2. The van der Waals surface area contributed by atoms with Gasteiger partial charge in [0.05, 0.1) is 22.7 Å². The second-order valence-corrected chi connectivity index (χ2v) is 3.80. The number of methoxy groups -OCH3 is 1. The van der Waals surface area contributed by atoms with Crippen molar-refractivity contribution in [1.82, 2.24) is 4.57 Å². The largest absolute Gasteiger partial charge is 0.452 e. The zero-order valence-electron chi connectivity index (χ0n) is 7.83. The summed E-state index contributed by atoms with van der Waals surface area (Å²) in [5.41, 5.74) is 0.677. The van der Waals surface area contributed by atoms with E-state index in [1.54, 1.807) is 24.4 Å². The van der Waals surface area contributed by atoms with Gasteiger partial charge < -0.3 is 4.74 Å². The molecule has 78 valence electrons. The maximum atomic E-state index is 11.3. The average Bonchev–Trinajstić information content (AvgIpc) is 2.61. The molecule has 3 nitrogen and oxygen atoms in total. The van der Waals surface area contributed by atoms with E-state index in [0.717, 1.165) is 5.39 Å². The number of rotatable bonds is 0. The Kier molecular flexibility index (Phi) is 2.59. The number of hydrogen-bond donors (Lipinski definition) is 0. The van der Waals surface area contributed by atoms with E-state index in [9.17, 15) is 4.79 Å². The number of halogens is 2. The average molecular weight is 244 g/mol. The van der Waals surface area contributed by atoms with Crippen LogP contribution in [-0.2, 0) is 4.74 Å². The number of nitrogens with zero attached hydrogens (tertiary/aromatic N) is 1. The van der Waals surface area contributed by atoms with Crippen LogP contribution in [0.4, 0.5) is 4.79 Å². The molecule has 2 rings (SSSR count). The Morgan fingerprint density at radius 1 is 1.33 bits per heavy atom. The fraction of sp³-hybridized carbons (Fsp3) is 0.100. The van der Waals surface area contributed by atoms with Crippen molar-refractivity contribution in [3.05, 3.63) is 34.4 Å². The number of carbonyl (C=O) groups is 1. The van der Waals surface area contributed by atoms with Crippen LogP contribution in [0.15, 0.2) is 24.4 Å². The predicted octanol–water partition coefficient (Wildman–Crippen LogP) is 3.56. The Bertz CT molecular complexity index is 533. The zero-order valence-corrected chi connectivity index (χ0v) is 9.34. The van der Waals surface area contributed by atoms with E-state index in [2.05, 4.69) is 4.74 Å².